The minimum atomic E-state index is -5.05. The maximum absolute atomic E-state index is 14.3. The number of para-hydroxylation sites is 2. The molecule has 0 fully saturated rings. The first kappa shape index (κ1) is 31.3. The van der Waals surface area contributed by atoms with Crippen LogP contribution < -0.4 is 0 Å². The van der Waals surface area contributed by atoms with E-state index < -0.39 is 23.5 Å². The van der Waals surface area contributed by atoms with Crippen molar-refractivity contribution in [1.29, 1.82) is 0 Å². The van der Waals surface area contributed by atoms with Crippen LogP contribution in [-0.4, -0.2) is 9.13 Å². The van der Waals surface area contributed by atoms with Gasteiger partial charge in [0.25, 0.3) is 0 Å². The molecule has 0 aliphatic carbocycles. The van der Waals surface area contributed by atoms with Crippen LogP contribution in [0.5, 0.6) is 0 Å². The van der Waals surface area contributed by atoms with Crippen LogP contribution in [0.2, 0.25) is 0 Å². The number of nitrogens with zero attached hydrogens (tertiary/aromatic N) is 3. The molecule has 8 rings (SSSR count). The number of benzene rings is 6. The number of fused-ring (bicyclic) bond motifs is 6. The first-order chi connectivity index (χ1) is 23.9. The van der Waals surface area contributed by atoms with Crippen molar-refractivity contribution in [2.75, 3.05) is 0 Å². The lowest BCUT2D eigenvalue weighted by Crippen LogP contribution is -2.11. The summed E-state index contributed by atoms with van der Waals surface area (Å²) in [7, 11) is 0. The second kappa shape index (κ2) is 11.0. The SMILES string of the molecule is [C-]#[N+]c1cc(-n2c3ccccc3c3c(C)cccc32)c(-c2cc(C(F)(F)F)cc(C(F)(F)F)c2)cc1-n1c2ccccc2c2c(C)cccc21. The Labute approximate surface area is 282 Å². The van der Waals surface area contributed by atoms with Crippen LogP contribution >= 0.6 is 0 Å². The van der Waals surface area contributed by atoms with Gasteiger partial charge in [-0.2, -0.15) is 26.3 Å². The summed E-state index contributed by atoms with van der Waals surface area (Å²) < 4.78 is 89.4. The van der Waals surface area contributed by atoms with Crippen LogP contribution in [0.25, 0.3) is 71.0 Å². The van der Waals surface area contributed by atoms with E-state index in [1.54, 1.807) is 12.1 Å². The number of halogens is 6. The van der Waals surface area contributed by atoms with E-state index in [-0.39, 0.29) is 28.6 Å². The average Bonchev–Trinajstić information content (AvgIpc) is 3.61. The Hall–Kier alpha value is -6.01. The quantitative estimate of drug-likeness (QED) is 0.131. The van der Waals surface area contributed by atoms with Crippen molar-refractivity contribution in [1.82, 2.24) is 9.13 Å². The smallest absolute Gasteiger partial charge is 0.319 e. The van der Waals surface area contributed by atoms with E-state index in [4.69, 9.17) is 6.57 Å². The molecule has 2 aromatic heterocycles. The largest absolute Gasteiger partial charge is 0.416 e. The molecule has 0 amide bonds. The zero-order chi connectivity index (χ0) is 35.1. The summed E-state index contributed by atoms with van der Waals surface area (Å²) in [6.07, 6.45) is -10.1. The number of aryl methyl sites for hydroxylation is 2. The molecule has 0 atom stereocenters. The van der Waals surface area contributed by atoms with Crippen molar-refractivity contribution < 1.29 is 26.3 Å². The minimum Gasteiger partial charge on any atom is -0.319 e. The Balaban J connectivity index is 1.57. The third kappa shape index (κ3) is 4.74. The van der Waals surface area contributed by atoms with Crippen molar-refractivity contribution in [3.63, 3.8) is 0 Å². The van der Waals surface area contributed by atoms with E-state index in [0.29, 0.717) is 16.7 Å². The maximum atomic E-state index is 14.3. The van der Waals surface area contributed by atoms with E-state index >= 15 is 0 Å². The van der Waals surface area contributed by atoms with Crippen LogP contribution in [0, 0.1) is 20.4 Å². The highest BCUT2D eigenvalue weighted by molar-refractivity contribution is 6.13. The Morgan fingerprint density at radius 1 is 0.520 bits per heavy atom. The van der Waals surface area contributed by atoms with Gasteiger partial charge in [0, 0.05) is 32.8 Å². The van der Waals surface area contributed by atoms with Gasteiger partial charge in [0.2, 0.25) is 5.69 Å². The van der Waals surface area contributed by atoms with Crippen molar-refractivity contribution in [3.05, 3.63) is 149 Å². The van der Waals surface area contributed by atoms with Gasteiger partial charge in [0.15, 0.2) is 0 Å². The molecule has 50 heavy (non-hydrogen) atoms. The van der Waals surface area contributed by atoms with Gasteiger partial charge in [-0.3, -0.25) is 0 Å². The molecule has 0 aliphatic heterocycles. The van der Waals surface area contributed by atoms with E-state index in [2.05, 4.69) is 4.85 Å². The molecule has 0 saturated heterocycles. The van der Waals surface area contributed by atoms with Gasteiger partial charge in [-0.25, -0.2) is 4.85 Å². The number of aromatic nitrogens is 2. The normalized spacial score (nSPS) is 12.4. The summed E-state index contributed by atoms with van der Waals surface area (Å²) in [5.74, 6) is 0. The molecule has 0 N–H and O–H groups in total. The lowest BCUT2D eigenvalue weighted by atomic mass is 9.96. The van der Waals surface area contributed by atoms with Gasteiger partial charge in [-0.15, -0.1) is 0 Å². The van der Waals surface area contributed by atoms with Crippen LogP contribution in [0.3, 0.4) is 0 Å². The fraction of sp³-hybridized carbons (Fsp3) is 0.0976. The Morgan fingerprint density at radius 3 is 1.46 bits per heavy atom. The van der Waals surface area contributed by atoms with Crippen LogP contribution in [0.1, 0.15) is 22.3 Å². The summed E-state index contributed by atoms with van der Waals surface area (Å²) in [5, 5.41) is 3.58. The minimum absolute atomic E-state index is 0.103. The third-order valence-electron chi connectivity index (χ3n) is 9.41. The van der Waals surface area contributed by atoms with Crippen molar-refractivity contribution >= 4 is 49.3 Å². The second-order valence-corrected chi connectivity index (χ2v) is 12.4. The molecule has 6 aromatic carbocycles. The molecule has 0 saturated carbocycles. The molecule has 2 heterocycles. The lowest BCUT2D eigenvalue weighted by Gasteiger charge is -2.21. The fourth-order valence-corrected chi connectivity index (χ4v) is 7.28. The molecule has 0 bridgehead atoms. The maximum Gasteiger partial charge on any atom is 0.416 e. The first-order valence-electron chi connectivity index (χ1n) is 15.7. The summed E-state index contributed by atoms with van der Waals surface area (Å²) in [6.45, 7) is 12.3. The number of alkyl halides is 6. The predicted octanol–water partition coefficient (Wildman–Crippen LogP) is 12.8. The molecule has 0 aliphatic rings. The second-order valence-electron chi connectivity index (χ2n) is 12.4. The van der Waals surface area contributed by atoms with Gasteiger partial charge >= 0.3 is 12.4 Å². The summed E-state index contributed by atoms with van der Waals surface area (Å²) >= 11 is 0. The zero-order valence-electron chi connectivity index (χ0n) is 26.6. The summed E-state index contributed by atoms with van der Waals surface area (Å²) in [6, 6.07) is 31.2. The zero-order valence-corrected chi connectivity index (χ0v) is 26.6. The van der Waals surface area contributed by atoms with E-state index in [1.807, 2.05) is 108 Å². The summed E-state index contributed by atoms with van der Waals surface area (Å²) in [4.78, 5) is 3.91. The monoisotopic (exact) mass is 673 g/mol. The van der Waals surface area contributed by atoms with E-state index in [0.717, 1.165) is 55.8 Å². The highest BCUT2D eigenvalue weighted by Gasteiger charge is 2.37. The van der Waals surface area contributed by atoms with Crippen molar-refractivity contribution in [3.8, 4) is 22.5 Å². The lowest BCUT2D eigenvalue weighted by molar-refractivity contribution is -0.143. The van der Waals surface area contributed by atoms with Crippen molar-refractivity contribution in [2.45, 2.75) is 26.2 Å². The molecule has 0 unspecified atom stereocenters. The van der Waals surface area contributed by atoms with Gasteiger partial charge in [-0.05, 0) is 85.1 Å². The molecular weight excluding hydrogens is 648 g/mol. The molecule has 9 heteroatoms. The molecule has 246 valence electrons. The van der Waals surface area contributed by atoms with E-state index in [9.17, 15) is 26.3 Å². The number of hydrogen-bond donors (Lipinski definition) is 0. The van der Waals surface area contributed by atoms with Crippen LogP contribution in [-0.2, 0) is 12.4 Å². The first-order valence-corrected chi connectivity index (χ1v) is 15.7. The third-order valence-corrected chi connectivity index (χ3v) is 9.41. The van der Waals surface area contributed by atoms with Crippen LogP contribution in [0.4, 0.5) is 32.0 Å². The molecule has 0 spiro atoms. The fourth-order valence-electron chi connectivity index (χ4n) is 7.28. The number of hydrogen-bond acceptors (Lipinski definition) is 0. The Morgan fingerprint density at radius 2 is 0.980 bits per heavy atom. The van der Waals surface area contributed by atoms with Gasteiger partial charge in [0.1, 0.15) is 0 Å². The topological polar surface area (TPSA) is 14.2 Å². The van der Waals surface area contributed by atoms with Gasteiger partial charge in [0.05, 0.1) is 45.5 Å². The highest BCUT2D eigenvalue weighted by atomic mass is 19.4. The highest BCUT2D eigenvalue weighted by Crippen LogP contribution is 2.46. The summed E-state index contributed by atoms with van der Waals surface area (Å²) in [5.41, 5.74) is 2.58. The predicted molar refractivity (Wildman–Crippen MR) is 186 cm³/mol. The molecule has 0 radical (unpaired) electrons. The average molecular weight is 674 g/mol. The molecule has 3 nitrogen and oxygen atoms in total. The van der Waals surface area contributed by atoms with Crippen LogP contribution in [0.15, 0.2) is 115 Å². The van der Waals surface area contributed by atoms with Gasteiger partial charge < -0.3 is 9.13 Å². The van der Waals surface area contributed by atoms with E-state index in [1.165, 1.54) is 0 Å². The number of rotatable bonds is 3. The van der Waals surface area contributed by atoms with Gasteiger partial charge in [-0.1, -0.05) is 60.7 Å². The van der Waals surface area contributed by atoms with Crippen molar-refractivity contribution in [2.24, 2.45) is 0 Å². The Kier molecular flexibility index (Phi) is 6.88. The Bertz CT molecular complexity index is 2690. The molecule has 8 aromatic rings. The molecular formula is C41H25F6N3. The standard InChI is InChI=1S/C41H25F6N3/c1-23-10-8-16-34-38(23)28-12-4-6-14-32(28)49(34)36-22-31(48-3)37(50-33-15-7-5-13-29(33)39-24(2)11-9-17-35(39)50)21-30(36)25-18-26(40(42,43)44)20-27(19-25)41(45,46)47/h4-22H,1-2H3.